The minimum Gasteiger partial charge on any atom is -0.278 e. The Balaban J connectivity index is 2.17. The van der Waals surface area contributed by atoms with Gasteiger partial charge in [0.1, 0.15) is 0 Å². The number of amides is 2. The molecule has 0 radical (unpaired) electrons. The summed E-state index contributed by atoms with van der Waals surface area (Å²) in [5, 5.41) is 0. The molecular formula is C21H25NO2Si. The molecule has 0 fully saturated rings. The SMILES string of the molecule is CN(C(=O)/C=C/c1ccccc1)C(=O)c1ccccc1C[Si](C)(C)C. The summed E-state index contributed by atoms with van der Waals surface area (Å²) in [4.78, 5) is 26.3. The van der Waals surface area contributed by atoms with Crippen molar-refractivity contribution in [3.05, 3.63) is 77.4 Å². The van der Waals surface area contributed by atoms with E-state index < -0.39 is 8.07 Å². The highest BCUT2D eigenvalue weighted by Crippen LogP contribution is 2.18. The summed E-state index contributed by atoms with van der Waals surface area (Å²) in [7, 11) is 0.167. The second-order valence-corrected chi connectivity index (χ2v) is 12.8. The zero-order chi connectivity index (χ0) is 18.4. The van der Waals surface area contributed by atoms with E-state index in [0.717, 1.165) is 17.2 Å². The second kappa shape index (κ2) is 8.08. The van der Waals surface area contributed by atoms with Crippen molar-refractivity contribution in [2.24, 2.45) is 0 Å². The molecule has 0 saturated carbocycles. The third-order valence-corrected chi connectivity index (χ3v) is 5.26. The second-order valence-electron chi connectivity index (χ2n) is 7.34. The van der Waals surface area contributed by atoms with Crippen molar-refractivity contribution in [1.29, 1.82) is 0 Å². The molecule has 130 valence electrons. The van der Waals surface area contributed by atoms with Gasteiger partial charge in [0.15, 0.2) is 0 Å². The fourth-order valence-electron chi connectivity index (χ4n) is 2.58. The highest BCUT2D eigenvalue weighted by Gasteiger charge is 2.22. The highest BCUT2D eigenvalue weighted by molar-refractivity contribution is 6.75. The molecule has 0 bridgehead atoms. The molecule has 0 N–H and O–H groups in total. The van der Waals surface area contributed by atoms with Gasteiger partial charge in [0.05, 0.1) is 0 Å². The third-order valence-electron chi connectivity index (χ3n) is 3.82. The van der Waals surface area contributed by atoms with Crippen LogP contribution in [0.2, 0.25) is 19.6 Å². The Morgan fingerprint density at radius 3 is 2.20 bits per heavy atom. The van der Waals surface area contributed by atoms with Gasteiger partial charge in [-0.1, -0.05) is 68.2 Å². The van der Waals surface area contributed by atoms with Crippen LogP contribution in [-0.4, -0.2) is 31.8 Å². The lowest BCUT2D eigenvalue weighted by Crippen LogP contribution is -2.33. The Bertz CT molecular complexity index is 776. The maximum atomic E-state index is 12.8. The minimum atomic E-state index is -1.37. The van der Waals surface area contributed by atoms with Crippen molar-refractivity contribution in [1.82, 2.24) is 4.90 Å². The fraction of sp³-hybridized carbons (Fsp3) is 0.238. The molecule has 4 heteroatoms. The predicted molar refractivity (Wildman–Crippen MR) is 106 cm³/mol. The quantitative estimate of drug-likeness (QED) is 0.591. The number of hydrogen-bond donors (Lipinski definition) is 0. The molecule has 0 aliphatic heterocycles. The first-order valence-corrected chi connectivity index (χ1v) is 12.1. The van der Waals surface area contributed by atoms with Gasteiger partial charge in [-0.05, 0) is 29.3 Å². The zero-order valence-electron chi connectivity index (χ0n) is 15.3. The van der Waals surface area contributed by atoms with Gasteiger partial charge in [-0.3, -0.25) is 14.5 Å². The molecule has 0 heterocycles. The molecule has 2 aromatic carbocycles. The lowest BCUT2D eigenvalue weighted by molar-refractivity contribution is -0.122. The van der Waals surface area contributed by atoms with Gasteiger partial charge in [0.2, 0.25) is 0 Å². The molecule has 0 unspecified atom stereocenters. The summed E-state index contributed by atoms with van der Waals surface area (Å²) in [5.41, 5.74) is 2.57. The van der Waals surface area contributed by atoms with Gasteiger partial charge in [-0.15, -0.1) is 0 Å². The van der Waals surface area contributed by atoms with Crippen molar-refractivity contribution in [3.8, 4) is 0 Å². The van der Waals surface area contributed by atoms with Crippen LogP contribution in [0.25, 0.3) is 6.08 Å². The van der Waals surface area contributed by atoms with E-state index in [0.29, 0.717) is 5.56 Å². The maximum absolute atomic E-state index is 12.8. The van der Waals surface area contributed by atoms with Gasteiger partial charge in [0.25, 0.3) is 11.8 Å². The topological polar surface area (TPSA) is 37.4 Å². The van der Waals surface area contributed by atoms with Crippen LogP contribution in [0.5, 0.6) is 0 Å². The number of nitrogens with zero attached hydrogens (tertiary/aromatic N) is 1. The Morgan fingerprint density at radius 2 is 1.56 bits per heavy atom. The summed E-state index contributed by atoms with van der Waals surface area (Å²) < 4.78 is 0. The first-order valence-electron chi connectivity index (χ1n) is 8.41. The van der Waals surface area contributed by atoms with Crippen LogP contribution in [0, 0.1) is 0 Å². The Morgan fingerprint density at radius 1 is 0.960 bits per heavy atom. The van der Waals surface area contributed by atoms with Gasteiger partial charge in [0, 0.05) is 26.8 Å². The van der Waals surface area contributed by atoms with Crippen molar-refractivity contribution in [2.45, 2.75) is 25.7 Å². The summed E-state index contributed by atoms with van der Waals surface area (Å²) in [6, 6.07) is 18.1. The average molecular weight is 352 g/mol. The predicted octanol–water partition coefficient (Wildman–Crippen LogP) is 4.42. The Hall–Kier alpha value is -2.46. The fourth-order valence-corrected chi connectivity index (χ4v) is 4.03. The first kappa shape index (κ1) is 18.9. The van der Waals surface area contributed by atoms with E-state index in [1.165, 1.54) is 18.0 Å². The number of likely N-dealkylation sites (N-methyl/N-ethyl adjacent to an activating group) is 1. The van der Waals surface area contributed by atoms with E-state index >= 15 is 0 Å². The number of carbonyl (C=O) groups excluding carboxylic acids is 2. The third kappa shape index (κ3) is 5.54. The lowest BCUT2D eigenvalue weighted by Gasteiger charge is -2.20. The normalized spacial score (nSPS) is 11.5. The lowest BCUT2D eigenvalue weighted by atomic mass is 10.1. The molecule has 0 aromatic heterocycles. The summed E-state index contributed by atoms with van der Waals surface area (Å²) in [5.74, 6) is -0.576. The Kier molecular flexibility index (Phi) is 6.10. The van der Waals surface area contributed by atoms with Gasteiger partial charge >= 0.3 is 0 Å². The van der Waals surface area contributed by atoms with Gasteiger partial charge in [-0.2, -0.15) is 0 Å². The molecule has 2 rings (SSSR count). The van der Waals surface area contributed by atoms with Gasteiger partial charge in [-0.25, -0.2) is 0 Å². The summed E-state index contributed by atoms with van der Waals surface area (Å²) in [6.07, 6.45) is 3.16. The van der Waals surface area contributed by atoms with Crippen LogP contribution in [0.4, 0.5) is 0 Å². The van der Waals surface area contributed by atoms with Crippen molar-refractivity contribution < 1.29 is 9.59 Å². The molecule has 0 aliphatic rings. The van der Waals surface area contributed by atoms with Crippen LogP contribution >= 0.6 is 0 Å². The first-order chi connectivity index (χ1) is 11.8. The van der Waals surface area contributed by atoms with Crippen LogP contribution in [-0.2, 0) is 10.8 Å². The highest BCUT2D eigenvalue weighted by atomic mass is 28.3. The summed E-state index contributed by atoms with van der Waals surface area (Å²) in [6.45, 7) is 6.81. The standard InChI is InChI=1S/C21H25NO2Si/c1-22(20(23)15-14-17-10-6-5-7-11-17)21(24)19-13-9-8-12-18(19)16-25(2,3)4/h5-15H,16H2,1-4H3/b15-14+. The van der Waals surface area contributed by atoms with Crippen LogP contribution in [0.15, 0.2) is 60.7 Å². The number of carbonyl (C=O) groups is 2. The summed E-state index contributed by atoms with van der Waals surface area (Å²) >= 11 is 0. The molecular weight excluding hydrogens is 326 g/mol. The number of hydrogen-bond acceptors (Lipinski definition) is 2. The van der Waals surface area contributed by atoms with Crippen molar-refractivity contribution >= 4 is 26.0 Å². The molecule has 2 aromatic rings. The maximum Gasteiger partial charge on any atom is 0.260 e. The van der Waals surface area contributed by atoms with E-state index in [-0.39, 0.29) is 11.8 Å². The molecule has 0 atom stereocenters. The number of rotatable bonds is 5. The smallest absolute Gasteiger partial charge is 0.260 e. The van der Waals surface area contributed by atoms with E-state index in [1.54, 1.807) is 6.08 Å². The number of benzene rings is 2. The minimum absolute atomic E-state index is 0.253. The van der Waals surface area contributed by atoms with Crippen molar-refractivity contribution in [3.63, 3.8) is 0 Å². The number of imide groups is 1. The van der Waals surface area contributed by atoms with E-state index in [1.807, 2.05) is 54.6 Å². The molecule has 0 spiro atoms. The largest absolute Gasteiger partial charge is 0.278 e. The van der Waals surface area contributed by atoms with E-state index in [9.17, 15) is 9.59 Å². The molecule has 0 aliphatic carbocycles. The molecule has 2 amide bonds. The zero-order valence-corrected chi connectivity index (χ0v) is 16.3. The van der Waals surface area contributed by atoms with Crippen LogP contribution in [0.1, 0.15) is 21.5 Å². The van der Waals surface area contributed by atoms with Crippen molar-refractivity contribution in [2.75, 3.05) is 7.05 Å². The Labute approximate surface area is 151 Å². The monoisotopic (exact) mass is 351 g/mol. The molecule has 3 nitrogen and oxygen atoms in total. The van der Waals surface area contributed by atoms with Gasteiger partial charge < -0.3 is 0 Å². The van der Waals surface area contributed by atoms with E-state index in [4.69, 9.17) is 0 Å². The molecule has 25 heavy (non-hydrogen) atoms. The molecule has 0 saturated heterocycles. The van der Waals surface area contributed by atoms with Crippen LogP contribution < -0.4 is 0 Å². The van der Waals surface area contributed by atoms with E-state index in [2.05, 4.69) is 19.6 Å². The van der Waals surface area contributed by atoms with Crippen LogP contribution in [0.3, 0.4) is 0 Å². The average Bonchev–Trinajstić information content (AvgIpc) is 2.58.